The third kappa shape index (κ3) is 4.44. The summed E-state index contributed by atoms with van der Waals surface area (Å²) in [5.74, 6) is -0.534. The molecule has 0 spiro atoms. The Kier molecular flexibility index (Phi) is 6.52. The number of aromatic nitrogens is 1. The molecule has 2 aromatic rings. The predicted molar refractivity (Wildman–Crippen MR) is 123 cm³/mol. The molecule has 10 nitrogen and oxygen atoms in total. The van der Waals surface area contributed by atoms with Crippen molar-refractivity contribution in [2.75, 3.05) is 20.1 Å². The Bertz CT molecular complexity index is 1280. The number of ether oxygens (including phenoxy) is 1. The lowest BCUT2D eigenvalue weighted by atomic mass is 10.0. The predicted octanol–water partition coefficient (Wildman–Crippen LogP) is 2.55. The van der Waals surface area contributed by atoms with Crippen LogP contribution in [0.4, 0.5) is 9.18 Å². The molecule has 2 aliphatic heterocycles. The molecule has 4 rings (SSSR count). The summed E-state index contributed by atoms with van der Waals surface area (Å²) in [4.78, 5) is 23.0. The number of halogens is 1. The van der Waals surface area contributed by atoms with Crippen molar-refractivity contribution < 1.29 is 13.9 Å². The number of carbonyl (C=O) groups is 1. The molecule has 1 aromatic carbocycles. The van der Waals surface area contributed by atoms with Crippen LogP contribution in [0.25, 0.3) is 0 Å². The number of rotatable bonds is 5. The minimum Gasteiger partial charge on any atom is -0.463 e. The molecule has 0 aliphatic carbocycles. The van der Waals surface area contributed by atoms with Gasteiger partial charge in [0.05, 0.1) is 36.3 Å². The Morgan fingerprint density at radius 3 is 2.85 bits per heavy atom. The lowest BCUT2D eigenvalue weighted by Gasteiger charge is -2.40. The first-order valence-corrected chi connectivity index (χ1v) is 11.1. The number of benzene rings is 1. The van der Waals surface area contributed by atoms with E-state index >= 15 is 0 Å². The van der Waals surface area contributed by atoms with Crippen LogP contribution >= 0.6 is 11.3 Å². The van der Waals surface area contributed by atoms with Gasteiger partial charge in [0, 0.05) is 31.3 Å². The van der Waals surface area contributed by atoms with E-state index in [1.165, 1.54) is 28.6 Å². The molecular formula is C22H19FN8O2S. The second-order valence-electron chi connectivity index (χ2n) is 7.47. The van der Waals surface area contributed by atoms with Gasteiger partial charge >= 0.3 is 6.03 Å². The third-order valence-electron chi connectivity index (χ3n) is 5.34. The summed E-state index contributed by atoms with van der Waals surface area (Å²) in [5, 5.41) is 25.9. The number of likely N-dealkylation sites (tertiary alicyclic amines) is 1. The van der Waals surface area contributed by atoms with Crippen LogP contribution in [-0.4, -0.2) is 59.1 Å². The normalized spacial score (nSPS) is 18.4. The highest BCUT2D eigenvalue weighted by atomic mass is 32.1. The van der Waals surface area contributed by atoms with Crippen molar-refractivity contribution in [3.8, 4) is 17.3 Å². The molecular weight excluding hydrogens is 459 g/mol. The Hall–Kier alpha value is -4.29. The zero-order valence-electron chi connectivity index (χ0n) is 18.1. The summed E-state index contributed by atoms with van der Waals surface area (Å²) in [7, 11) is 1.55. The number of amides is 2. The number of nitrogens with zero attached hydrogens (tertiary/aromatic N) is 7. The molecule has 1 fully saturated rings. The van der Waals surface area contributed by atoms with Crippen molar-refractivity contribution in [2.24, 2.45) is 15.8 Å². The molecule has 34 heavy (non-hydrogen) atoms. The average molecular weight is 479 g/mol. The van der Waals surface area contributed by atoms with Gasteiger partial charge in [0.25, 0.3) is 5.19 Å². The van der Waals surface area contributed by atoms with Crippen LogP contribution in [0.2, 0.25) is 0 Å². The maximum atomic E-state index is 13.9. The number of aliphatic imine (C=N–C) groups is 1. The van der Waals surface area contributed by atoms with Crippen LogP contribution < -0.4 is 10.5 Å². The largest absolute Gasteiger partial charge is 0.463 e. The van der Waals surface area contributed by atoms with Crippen LogP contribution in [0, 0.1) is 28.5 Å². The monoisotopic (exact) mass is 478 g/mol. The number of urea groups is 1. The molecule has 1 atom stereocenters. The zero-order chi connectivity index (χ0) is 24.2. The molecule has 172 valence electrons. The van der Waals surface area contributed by atoms with Gasteiger partial charge in [-0.3, -0.25) is 4.99 Å². The first kappa shape index (κ1) is 22.9. The van der Waals surface area contributed by atoms with Gasteiger partial charge in [-0.2, -0.15) is 15.6 Å². The van der Waals surface area contributed by atoms with Gasteiger partial charge in [-0.25, -0.2) is 19.2 Å². The van der Waals surface area contributed by atoms with Gasteiger partial charge in [-0.05, 0) is 23.8 Å². The highest BCUT2D eigenvalue weighted by Crippen LogP contribution is 2.32. The van der Waals surface area contributed by atoms with Gasteiger partial charge in [0.2, 0.25) is 0 Å². The molecule has 0 unspecified atom stereocenters. The Balaban J connectivity index is 1.37. The summed E-state index contributed by atoms with van der Waals surface area (Å²) >= 11 is 1.26. The first-order valence-electron chi connectivity index (χ1n) is 10.2. The minimum absolute atomic E-state index is 0.189. The van der Waals surface area contributed by atoms with E-state index in [4.69, 9.17) is 15.7 Å². The molecule has 0 saturated carbocycles. The van der Waals surface area contributed by atoms with Gasteiger partial charge in [0.1, 0.15) is 29.4 Å². The molecule has 0 radical (unpaired) electrons. The number of allylic oxidation sites excluding steroid dienone is 1. The fourth-order valence-corrected chi connectivity index (χ4v) is 4.38. The van der Waals surface area contributed by atoms with Gasteiger partial charge in [-0.15, -0.1) is 0 Å². The minimum atomic E-state index is -0.534. The number of nitrogens with two attached hydrogens (primary N) is 1. The summed E-state index contributed by atoms with van der Waals surface area (Å²) in [6.45, 7) is 0.667. The lowest BCUT2D eigenvalue weighted by molar-refractivity contribution is 0.0276. The Morgan fingerprint density at radius 1 is 1.38 bits per heavy atom. The fraction of sp³-hybridized carbons (Fsp3) is 0.273. The number of carbonyl (C=O) groups excluding carboxylic acids is 1. The van der Waals surface area contributed by atoms with Crippen molar-refractivity contribution in [1.29, 1.82) is 10.5 Å². The van der Waals surface area contributed by atoms with Crippen molar-refractivity contribution in [3.63, 3.8) is 0 Å². The number of hydrogen-bond acceptors (Lipinski definition) is 9. The smallest absolute Gasteiger partial charge is 0.341 e. The SMILES string of the molecule is CN=C(C(C#N)=CN)c1csc(OC2CN(C(=O)N3N=CC[C@H]3c3cc(F)cc(C#N)c3)C2)n1. The lowest BCUT2D eigenvalue weighted by Crippen LogP contribution is -2.58. The van der Waals surface area contributed by atoms with E-state index in [0.717, 1.165) is 6.07 Å². The van der Waals surface area contributed by atoms with E-state index in [9.17, 15) is 14.4 Å². The topological polar surface area (TPSA) is 144 Å². The molecule has 1 saturated heterocycles. The highest BCUT2D eigenvalue weighted by molar-refractivity contribution is 7.11. The fourth-order valence-electron chi connectivity index (χ4n) is 3.66. The van der Waals surface area contributed by atoms with Gasteiger partial charge < -0.3 is 15.4 Å². The number of thiazole rings is 1. The van der Waals surface area contributed by atoms with Crippen molar-refractivity contribution in [1.82, 2.24) is 14.9 Å². The maximum absolute atomic E-state index is 13.9. The van der Waals surface area contributed by atoms with Crippen LogP contribution in [-0.2, 0) is 0 Å². The van der Waals surface area contributed by atoms with E-state index < -0.39 is 11.9 Å². The van der Waals surface area contributed by atoms with Crippen molar-refractivity contribution in [2.45, 2.75) is 18.6 Å². The van der Waals surface area contributed by atoms with Crippen LogP contribution in [0.5, 0.6) is 5.19 Å². The number of nitriles is 2. The summed E-state index contributed by atoms with van der Waals surface area (Å²) in [5.41, 5.74) is 7.24. The van der Waals surface area contributed by atoms with Crippen molar-refractivity contribution >= 4 is 29.3 Å². The molecule has 2 amide bonds. The summed E-state index contributed by atoms with van der Waals surface area (Å²) in [6.07, 6.45) is 2.95. The molecule has 2 N–H and O–H groups in total. The van der Waals surface area contributed by atoms with E-state index in [2.05, 4.69) is 15.1 Å². The highest BCUT2D eigenvalue weighted by Gasteiger charge is 2.39. The summed E-state index contributed by atoms with van der Waals surface area (Å²) in [6, 6.07) is 7.13. The zero-order valence-corrected chi connectivity index (χ0v) is 18.9. The van der Waals surface area contributed by atoms with Gasteiger partial charge in [0.15, 0.2) is 0 Å². The second kappa shape index (κ2) is 9.68. The standard InChI is InChI=1S/C22H19FN8O2S/c1-27-20(15(8-25)9-26)18-12-34-21(29-18)33-17-10-30(11-17)22(32)31-19(2-3-28-31)14-4-13(7-24)5-16(23)6-14/h3-6,8,12,17,19H,2,10-11,25H2,1H3/t19-/m0/s1. The van der Waals surface area contributed by atoms with Crippen LogP contribution in [0.3, 0.4) is 0 Å². The third-order valence-corrected chi connectivity index (χ3v) is 6.07. The van der Waals surface area contributed by atoms with E-state index in [-0.39, 0.29) is 23.3 Å². The molecule has 0 bridgehead atoms. The van der Waals surface area contributed by atoms with Crippen molar-refractivity contribution in [3.05, 3.63) is 58.0 Å². The number of hydrazone groups is 1. The molecule has 12 heteroatoms. The Labute approximate surface area is 198 Å². The van der Waals surface area contributed by atoms with Crippen LogP contribution in [0.15, 0.2) is 45.4 Å². The second-order valence-corrected chi connectivity index (χ2v) is 8.29. The van der Waals surface area contributed by atoms with Gasteiger partial charge in [-0.1, -0.05) is 11.3 Å². The Morgan fingerprint density at radius 2 is 2.18 bits per heavy atom. The molecule has 1 aromatic heterocycles. The average Bonchev–Trinajstić information content (AvgIpc) is 3.48. The van der Waals surface area contributed by atoms with E-state index in [1.807, 2.05) is 12.1 Å². The van der Waals surface area contributed by atoms with E-state index in [1.54, 1.807) is 29.6 Å². The van der Waals surface area contributed by atoms with E-state index in [0.29, 0.717) is 41.7 Å². The number of hydrogen-bond donors (Lipinski definition) is 1. The molecule has 2 aliphatic rings. The quantitative estimate of drug-likeness (QED) is 0.517. The maximum Gasteiger partial charge on any atom is 0.341 e. The van der Waals surface area contributed by atoms with Crippen LogP contribution in [0.1, 0.15) is 29.3 Å². The summed E-state index contributed by atoms with van der Waals surface area (Å²) < 4.78 is 19.7. The molecule has 3 heterocycles. The first-order chi connectivity index (χ1) is 16.5.